The SMILES string of the molecule is CCS(=O)c1ccc(NCC2CCN(C(=O)OC(C)(C)C)CC2)c(N)c1. The maximum absolute atomic E-state index is 12.1. The summed E-state index contributed by atoms with van der Waals surface area (Å²) >= 11 is 0. The number of rotatable bonds is 5. The maximum atomic E-state index is 12.1. The first-order chi connectivity index (χ1) is 12.2. The van der Waals surface area contributed by atoms with E-state index in [2.05, 4.69) is 5.32 Å². The van der Waals surface area contributed by atoms with Crippen LogP contribution >= 0.6 is 0 Å². The molecule has 1 saturated heterocycles. The van der Waals surface area contributed by atoms with Crippen LogP contribution in [0.25, 0.3) is 0 Å². The largest absolute Gasteiger partial charge is 0.444 e. The number of anilines is 2. The molecule has 0 spiro atoms. The van der Waals surface area contributed by atoms with Gasteiger partial charge in [-0.2, -0.15) is 0 Å². The van der Waals surface area contributed by atoms with Gasteiger partial charge in [0.05, 0.1) is 22.2 Å². The lowest BCUT2D eigenvalue weighted by molar-refractivity contribution is 0.0188. The topological polar surface area (TPSA) is 84.7 Å². The van der Waals surface area contributed by atoms with Crippen LogP contribution in [0.4, 0.5) is 16.2 Å². The van der Waals surface area contributed by atoms with Gasteiger partial charge in [0.1, 0.15) is 5.60 Å². The number of nitrogen functional groups attached to an aromatic ring is 1. The van der Waals surface area contributed by atoms with Crippen LogP contribution in [0.2, 0.25) is 0 Å². The number of nitrogens with two attached hydrogens (primary N) is 1. The Balaban J connectivity index is 1.81. The molecule has 1 aliphatic heterocycles. The Labute approximate surface area is 158 Å². The summed E-state index contributed by atoms with van der Waals surface area (Å²) in [5.74, 6) is 1.07. The Kier molecular flexibility index (Phi) is 6.92. The molecular weight excluding hydrogens is 350 g/mol. The monoisotopic (exact) mass is 381 g/mol. The average molecular weight is 382 g/mol. The van der Waals surface area contributed by atoms with E-state index in [0.29, 0.717) is 30.4 Å². The molecule has 0 bridgehead atoms. The molecular formula is C19H31N3O3S. The Morgan fingerprint density at radius 3 is 2.54 bits per heavy atom. The highest BCUT2D eigenvalue weighted by Gasteiger charge is 2.26. The Morgan fingerprint density at radius 2 is 2.00 bits per heavy atom. The summed E-state index contributed by atoms with van der Waals surface area (Å²) in [6, 6.07) is 5.55. The highest BCUT2D eigenvalue weighted by molar-refractivity contribution is 7.85. The normalized spacial score (nSPS) is 17.0. The third kappa shape index (κ3) is 5.90. The van der Waals surface area contributed by atoms with Gasteiger partial charge in [0.2, 0.25) is 0 Å². The van der Waals surface area contributed by atoms with Gasteiger partial charge in [-0.1, -0.05) is 6.92 Å². The molecule has 1 aromatic rings. The van der Waals surface area contributed by atoms with Gasteiger partial charge >= 0.3 is 6.09 Å². The van der Waals surface area contributed by atoms with Gasteiger partial charge in [-0.25, -0.2) is 4.79 Å². The zero-order valence-electron chi connectivity index (χ0n) is 16.2. The van der Waals surface area contributed by atoms with Crippen molar-refractivity contribution in [3.63, 3.8) is 0 Å². The highest BCUT2D eigenvalue weighted by Crippen LogP contribution is 2.24. The number of amides is 1. The van der Waals surface area contributed by atoms with Gasteiger partial charge in [0.25, 0.3) is 0 Å². The fourth-order valence-electron chi connectivity index (χ4n) is 2.91. The highest BCUT2D eigenvalue weighted by atomic mass is 32.2. The number of ether oxygens (including phenoxy) is 1. The van der Waals surface area contributed by atoms with E-state index < -0.39 is 16.4 Å². The van der Waals surface area contributed by atoms with Gasteiger partial charge < -0.3 is 20.7 Å². The number of hydrogen-bond acceptors (Lipinski definition) is 5. The number of piperidine rings is 1. The minimum Gasteiger partial charge on any atom is -0.444 e. The van der Waals surface area contributed by atoms with Crippen molar-refractivity contribution < 1.29 is 13.7 Å². The summed E-state index contributed by atoms with van der Waals surface area (Å²) in [5.41, 5.74) is 7.12. The summed E-state index contributed by atoms with van der Waals surface area (Å²) in [4.78, 5) is 14.7. The third-order valence-electron chi connectivity index (χ3n) is 4.40. The molecule has 1 aromatic carbocycles. The van der Waals surface area contributed by atoms with Crippen LogP contribution < -0.4 is 11.1 Å². The van der Waals surface area contributed by atoms with Crippen LogP contribution in [-0.4, -0.2) is 46.2 Å². The van der Waals surface area contributed by atoms with Crippen LogP contribution in [0, 0.1) is 5.92 Å². The quantitative estimate of drug-likeness (QED) is 0.763. The predicted molar refractivity (Wildman–Crippen MR) is 107 cm³/mol. The molecule has 2 rings (SSSR count). The number of nitrogens with zero attached hydrogens (tertiary/aromatic N) is 1. The van der Waals surface area contributed by atoms with Gasteiger partial charge in [-0.05, 0) is 57.7 Å². The molecule has 1 amide bonds. The first-order valence-electron chi connectivity index (χ1n) is 9.19. The molecule has 1 aliphatic rings. The van der Waals surface area contributed by atoms with Crippen molar-refractivity contribution in [3.8, 4) is 0 Å². The Morgan fingerprint density at radius 1 is 1.35 bits per heavy atom. The predicted octanol–water partition coefficient (Wildman–Crippen LogP) is 3.46. The van der Waals surface area contributed by atoms with E-state index in [1.54, 1.807) is 11.0 Å². The Hall–Kier alpha value is -1.76. The summed E-state index contributed by atoms with van der Waals surface area (Å²) in [6.45, 7) is 9.77. The van der Waals surface area contributed by atoms with Crippen molar-refractivity contribution in [2.75, 3.05) is 36.4 Å². The minimum atomic E-state index is -0.990. The molecule has 0 radical (unpaired) electrons. The number of likely N-dealkylation sites (tertiary alicyclic amines) is 1. The lowest BCUT2D eigenvalue weighted by Crippen LogP contribution is -2.42. The second-order valence-electron chi connectivity index (χ2n) is 7.67. The number of nitrogens with one attached hydrogen (secondary N) is 1. The molecule has 146 valence electrons. The smallest absolute Gasteiger partial charge is 0.410 e. The van der Waals surface area contributed by atoms with E-state index in [1.165, 1.54) is 0 Å². The van der Waals surface area contributed by atoms with Crippen LogP contribution in [-0.2, 0) is 15.5 Å². The fourth-order valence-corrected chi connectivity index (χ4v) is 3.72. The second-order valence-corrected chi connectivity index (χ2v) is 9.41. The van der Waals surface area contributed by atoms with Gasteiger partial charge in [0.15, 0.2) is 0 Å². The molecule has 0 aliphatic carbocycles. The maximum Gasteiger partial charge on any atom is 0.410 e. The van der Waals surface area contributed by atoms with E-state index in [1.807, 2.05) is 39.8 Å². The van der Waals surface area contributed by atoms with Crippen molar-refractivity contribution in [2.45, 2.75) is 51.0 Å². The number of hydrogen-bond donors (Lipinski definition) is 2. The van der Waals surface area contributed by atoms with E-state index in [4.69, 9.17) is 10.5 Å². The molecule has 0 saturated carbocycles. The van der Waals surface area contributed by atoms with E-state index >= 15 is 0 Å². The summed E-state index contributed by atoms with van der Waals surface area (Å²) in [7, 11) is -0.990. The number of carbonyl (C=O) groups is 1. The molecule has 3 N–H and O–H groups in total. The van der Waals surface area contributed by atoms with E-state index in [0.717, 1.165) is 30.0 Å². The molecule has 0 aromatic heterocycles. The molecule has 1 atom stereocenters. The summed E-state index contributed by atoms with van der Waals surface area (Å²) in [5, 5.41) is 3.39. The lowest BCUT2D eigenvalue weighted by Gasteiger charge is -2.33. The van der Waals surface area contributed by atoms with Crippen LogP contribution in [0.5, 0.6) is 0 Å². The van der Waals surface area contributed by atoms with E-state index in [-0.39, 0.29) is 6.09 Å². The van der Waals surface area contributed by atoms with Gasteiger partial charge in [-0.3, -0.25) is 4.21 Å². The van der Waals surface area contributed by atoms with Crippen molar-refractivity contribution >= 4 is 28.3 Å². The Bertz CT molecular complexity index is 650. The molecule has 7 heteroatoms. The molecule has 1 unspecified atom stereocenters. The van der Waals surface area contributed by atoms with Crippen molar-refractivity contribution in [1.82, 2.24) is 4.90 Å². The van der Waals surface area contributed by atoms with E-state index in [9.17, 15) is 9.00 Å². The summed E-state index contributed by atoms with van der Waals surface area (Å²) in [6.07, 6.45) is 1.64. The molecule has 1 fully saturated rings. The molecule has 6 nitrogen and oxygen atoms in total. The van der Waals surface area contributed by atoms with Crippen LogP contribution in [0.1, 0.15) is 40.5 Å². The number of benzene rings is 1. The molecule has 26 heavy (non-hydrogen) atoms. The standard InChI is InChI=1S/C19H31N3O3S/c1-5-26(24)15-6-7-17(16(20)12-15)21-13-14-8-10-22(11-9-14)18(23)25-19(2,3)4/h6-7,12,14,21H,5,8-11,13,20H2,1-4H3. The lowest BCUT2D eigenvalue weighted by atomic mass is 9.97. The number of carbonyl (C=O) groups excluding carboxylic acids is 1. The van der Waals surface area contributed by atoms with Crippen molar-refractivity contribution in [1.29, 1.82) is 0 Å². The summed E-state index contributed by atoms with van der Waals surface area (Å²) < 4.78 is 17.3. The van der Waals surface area contributed by atoms with Crippen LogP contribution in [0.3, 0.4) is 0 Å². The second kappa shape index (κ2) is 8.75. The van der Waals surface area contributed by atoms with Crippen molar-refractivity contribution in [3.05, 3.63) is 18.2 Å². The zero-order chi connectivity index (χ0) is 19.3. The minimum absolute atomic E-state index is 0.229. The van der Waals surface area contributed by atoms with Crippen LogP contribution in [0.15, 0.2) is 23.1 Å². The zero-order valence-corrected chi connectivity index (χ0v) is 17.0. The average Bonchev–Trinajstić information content (AvgIpc) is 2.59. The first-order valence-corrected chi connectivity index (χ1v) is 10.5. The van der Waals surface area contributed by atoms with Crippen molar-refractivity contribution in [2.24, 2.45) is 5.92 Å². The molecule has 1 heterocycles. The first kappa shape index (κ1) is 20.6. The van der Waals surface area contributed by atoms with Gasteiger partial charge in [0, 0.05) is 30.3 Å². The third-order valence-corrected chi connectivity index (χ3v) is 5.70. The van der Waals surface area contributed by atoms with Gasteiger partial charge in [-0.15, -0.1) is 0 Å². The fraction of sp³-hybridized carbons (Fsp3) is 0.632.